The Balaban J connectivity index is 1.85. The van der Waals surface area contributed by atoms with E-state index in [1.807, 2.05) is 6.92 Å². The number of ether oxygens (including phenoxy) is 1. The summed E-state index contributed by atoms with van der Waals surface area (Å²) in [7, 11) is 0. The quantitative estimate of drug-likeness (QED) is 0.894. The Morgan fingerprint density at radius 3 is 2.72 bits per heavy atom. The lowest BCUT2D eigenvalue weighted by molar-refractivity contribution is -0.130. The van der Waals surface area contributed by atoms with Crippen LogP contribution in [0.1, 0.15) is 6.92 Å². The zero-order valence-electron chi connectivity index (χ0n) is 9.93. The second-order valence-electron chi connectivity index (χ2n) is 4.52. The van der Waals surface area contributed by atoms with Crippen molar-refractivity contribution in [3.63, 3.8) is 0 Å². The number of anilines is 1. The maximum Gasteiger partial charge on any atom is 0.250 e. The monoisotopic (exact) mass is 288 g/mol. The molecule has 0 unspecified atom stereocenters. The molecular weight excluding hydrogens is 275 g/mol. The molecule has 2 rings (SSSR count). The number of hydrogen-bond acceptors (Lipinski definition) is 3. The van der Waals surface area contributed by atoms with Gasteiger partial charge in [0.05, 0.1) is 15.6 Å². The van der Waals surface area contributed by atoms with Gasteiger partial charge in [0, 0.05) is 18.8 Å². The number of carbonyl (C=O) groups excluding carboxylic acids is 1. The zero-order chi connectivity index (χ0) is 13.2. The third-order valence-electron chi connectivity index (χ3n) is 2.75. The van der Waals surface area contributed by atoms with Crippen LogP contribution in [0.25, 0.3) is 0 Å². The van der Waals surface area contributed by atoms with Crippen LogP contribution < -0.4 is 10.6 Å². The van der Waals surface area contributed by atoms with Gasteiger partial charge in [-0.3, -0.25) is 4.79 Å². The van der Waals surface area contributed by atoms with E-state index in [0.717, 1.165) is 13.1 Å². The summed E-state index contributed by atoms with van der Waals surface area (Å²) in [5, 5.41) is 6.67. The van der Waals surface area contributed by atoms with Crippen LogP contribution in [-0.4, -0.2) is 31.2 Å². The molecule has 1 aromatic rings. The predicted octanol–water partition coefficient (Wildman–Crippen LogP) is 2.31. The standard InChI is InChI=1S/C12H14Cl2N2O2/c1-12(6-15-7-12)18-5-11(17)16-8-2-3-9(13)10(14)4-8/h2-4,15H,5-7H2,1H3,(H,16,17). The van der Waals surface area contributed by atoms with Crippen molar-refractivity contribution in [2.24, 2.45) is 0 Å². The molecule has 1 amide bonds. The Morgan fingerprint density at radius 2 is 2.17 bits per heavy atom. The van der Waals surface area contributed by atoms with E-state index in [-0.39, 0.29) is 18.1 Å². The summed E-state index contributed by atoms with van der Waals surface area (Å²) in [4.78, 5) is 11.7. The van der Waals surface area contributed by atoms with Gasteiger partial charge in [0.2, 0.25) is 5.91 Å². The van der Waals surface area contributed by atoms with E-state index in [1.54, 1.807) is 18.2 Å². The van der Waals surface area contributed by atoms with Crippen LogP contribution >= 0.6 is 23.2 Å². The molecule has 0 spiro atoms. The van der Waals surface area contributed by atoms with Gasteiger partial charge in [-0.25, -0.2) is 0 Å². The molecule has 98 valence electrons. The Hall–Kier alpha value is -0.810. The second kappa shape index (κ2) is 5.45. The highest BCUT2D eigenvalue weighted by Gasteiger charge is 2.32. The van der Waals surface area contributed by atoms with E-state index >= 15 is 0 Å². The lowest BCUT2D eigenvalue weighted by atomic mass is 10.0. The molecule has 1 fully saturated rings. The fraction of sp³-hybridized carbons (Fsp3) is 0.417. The smallest absolute Gasteiger partial charge is 0.250 e. The summed E-state index contributed by atoms with van der Waals surface area (Å²) in [6.45, 7) is 3.54. The van der Waals surface area contributed by atoms with E-state index in [1.165, 1.54) is 0 Å². The van der Waals surface area contributed by atoms with Gasteiger partial charge in [-0.1, -0.05) is 23.2 Å². The number of carbonyl (C=O) groups is 1. The van der Waals surface area contributed by atoms with Crippen molar-refractivity contribution in [1.29, 1.82) is 0 Å². The fourth-order valence-corrected chi connectivity index (χ4v) is 1.89. The number of halogens is 2. The van der Waals surface area contributed by atoms with E-state index in [0.29, 0.717) is 15.7 Å². The van der Waals surface area contributed by atoms with Crippen LogP contribution in [0.2, 0.25) is 10.0 Å². The Bertz CT molecular complexity index is 461. The van der Waals surface area contributed by atoms with Crippen LogP contribution in [0.15, 0.2) is 18.2 Å². The topological polar surface area (TPSA) is 50.4 Å². The van der Waals surface area contributed by atoms with Crippen molar-refractivity contribution in [3.05, 3.63) is 28.2 Å². The van der Waals surface area contributed by atoms with Gasteiger partial charge in [0.15, 0.2) is 0 Å². The SMILES string of the molecule is CC1(OCC(=O)Nc2ccc(Cl)c(Cl)c2)CNC1. The summed E-state index contributed by atoms with van der Waals surface area (Å²) in [6, 6.07) is 4.94. The van der Waals surface area contributed by atoms with Gasteiger partial charge in [-0.15, -0.1) is 0 Å². The molecule has 1 aliphatic rings. The van der Waals surface area contributed by atoms with Crippen molar-refractivity contribution in [2.75, 3.05) is 25.0 Å². The minimum atomic E-state index is -0.227. The van der Waals surface area contributed by atoms with Gasteiger partial charge in [-0.05, 0) is 25.1 Å². The molecule has 1 saturated heterocycles. The number of nitrogens with one attached hydrogen (secondary N) is 2. The molecule has 4 nitrogen and oxygen atoms in total. The Kier molecular flexibility index (Phi) is 4.12. The van der Waals surface area contributed by atoms with E-state index in [2.05, 4.69) is 10.6 Å². The summed E-state index contributed by atoms with van der Waals surface area (Å²) in [5.74, 6) is -0.207. The third kappa shape index (κ3) is 3.36. The molecule has 0 saturated carbocycles. The van der Waals surface area contributed by atoms with Crippen molar-refractivity contribution in [3.8, 4) is 0 Å². The molecule has 1 aliphatic heterocycles. The second-order valence-corrected chi connectivity index (χ2v) is 5.33. The van der Waals surface area contributed by atoms with Crippen molar-refractivity contribution in [2.45, 2.75) is 12.5 Å². The van der Waals surface area contributed by atoms with Crippen molar-refractivity contribution < 1.29 is 9.53 Å². The number of rotatable bonds is 4. The van der Waals surface area contributed by atoms with Crippen LogP contribution in [0, 0.1) is 0 Å². The molecule has 1 heterocycles. The maximum atomic E-state index is 11.7. The molecule has 0 atom stereocenters. The normalized spacial score (nSPS) is 17.1. The average molecular weight is 289 g/mol. The largest absolute Gasteiger partial charge is 0.363 e. The first-order chi connectivity index (χ1) is 8.48. The third-order valence-corrected chi connectivity index (χ3v) is 3.49. The molecule has 18 heavy (non-hydrogen) atoms. The van der Waals surface area contributed by atoms with Gasteiger partial charge in [0.25, 0.3) is 0 Å². The van der Waals surface area contributed by atoms with Crippen molar-refractivity contribution in [1.82, 2.24) is 5.32 Å². The fourth-order valence-electron chi connectivity index (χ4n) is 1.59. The minimum Gasteiger partial charge on any atom is -0.363 e. The van der Waals surface area contributed by atoms with Crippen LogP contribution in [0.5, 0.6) is 0 Å². The van der Waals surface area contributed by atoms with Gasteiger partial charge < -0.3 is 15.4 Å². The number of amides is 1. The first-order valence-electron chi connectivity index (χ1n) is 5.58. The van der Waals surface area contributed by atoms with Crippen molar-refractivity contribution >= 4 is 34.8 Å². The summed E-state index contributed by atoms with van der Waals surface area (Å²) >= 11 is 11.6. The Labute approximate surface area is 116 Å². The molecule has 2 N–H and O–H groups in total. The van der Waals surface area contributed by atoms with Crippen LogP contribution in [0.4, 0.5) is 5.69 Å². The first kappa shape index (κ1) is 13.6. The minimum absolute atomic E-state index is 0.0262. The highest BCUT2D eigenvalue weighted by atomic mass is 35.5. The van der Waals surface area contributed by atoms with Gasteiger partial charge >= 0.3 is 0 Å². The molecule has 0 radical (unpaired) electrons. The summed E-state index contributed by atoms with van der Waals surface area (Å²) in [5.41, 5.74) is 0.379. The van der Waals surface area contributed by atoms with Gasteiger partial charge in [0.1, 0.15) is 6.61 Å². The highest BCUT2D eigenvalue weighted by Crippen LogP contribution is 2.25. The van der Waals surface area contributed by atoms with E-state index < -0.39 is 0 Å². The van der Waals surface area contributed by atoms with E-state index in [9.17, 15) is 4.79 Å². The lowest BCUT2D eigenvalue weighted by Crippen LogP contribution is -2.59. The van der Waals surface area contributed by atoms with Gasteiger partial charge in [-0.2, -0.15) is 0 Å². The predicted molar refractivity (Wildman–Crippen MR) is 72.3 cm³/mol. The Morgan fingerprint density at radius 1 is 1.44 bits per heavy atom. The molecule has 6 heteroatoms. The molecule has 0 bridgehead atoms. The molecule has 1 aromatic carbocycles. The average Bonchev–Trinajstić information content (AvgIpc) is 2.29. The molecular formula is C12H14Cl2N2O2. The first-order valence-corrected chi connectivity index (χ1v) is 6.34. The summed E-state index contributed by atoms with van der Waals surface area (Å²) in [6.07, 6.45) is 0. The van der Waals surface area contributed by atoms with Crippen LogP contribution in [-0.2, 0) is 9.53 Å². The molecule has 0 aliphatic carbocycles. The number of benzene rings is 1. The number of hydrogen-bond donors (Lipinski definition) is 2. The van der Waals surface area contributed by atoms with Crippen LogP contribution in [0.3, 0.4) is 0 Å². The maximum absolute atomic E-state index is 11.7. The highest BCUT2D eigenvalue weighted by molar-refractivity contribution is 6.42. The zero-order valence-corrected chi connectivity index (χ0v) is 11.4. The molecule has 0 aromatic heterocycles. The lowest BCUT2D eigenvalue weighted by Gasteiger charge is -2.38. The van der Waals surface area contributed by atoms with E-state index in [4.69, 9.17) is 27.9 Å². The summed E-state index contributed by atoms with van der Waals surface area (Å²) < 4.78 is 5.52.